The normalized spacial score (nSPS) is 21.9. The summed E-state index contributed by atoms with van der Waals surface area (Å²) in [5.74, 6) is 0.334. The second-order valence-corrected chi connectivity index (χ2v) is 4.39. The lowest BCUT2D eigenvalue weighted by Crippen LogP contribution is -2.31. The van der Waals surface area contributed by atoms with Crippen molar-refractivity contribution >= 4 is 17.6 Å². The van der Waals surface area contributed by atoms with Gasteiger partial charge in [0.05, 0.1) is 0 Å². The van der Waals surface area contributed by atoms with E-state index in [9.17, 15) is 4.79 Å². The van der Waals surface area contributed by atoms with Gasteiger partial charge in [-0.3, -0.25) is 4.79 Å². The highest BCUT2D eigenvalue weighted by Gasteiger charge is 2.32. The van der Waals surface area contributed by atoms with Crippen LogP contribution in [0.1, 0.15) is 45.1 Å². The standard InChI is InChI=1S/C12H13ClO2.C2H6/c1-8(14)15-12-6-10(7-12)9-2-4-11(13)5-3-9;1-2/h2-5,10,12H,6-7H2,1H3;1-2H3. The van der Waals surface area contributed by atoms with Gasteiger partial charge in [0.1, 0.15) is 6.10 Å². The Morgan fingerprint density at radius 2 is 1.76 bits per heavy atom. The second-order valence-electron chi connectivity index (χ2n) is 3.95. The smallest absolute Gasteiger partial charge is 0.302 e. The SMILES string of the molecule is CC.CC(=O)OC1CC(c2ccc(Cl)cc2)C1. The van der Waals surface area contributed by atoms with E-state index < -0.39 is 0 Å². The highest BCUT2D eigenvalue weighted by atomic mass is 35.5. The summed E-state index contributed by atoms with van der Waals surface area (Å²) in [6.07, 6.45) is 1.98. The molecule has 0 atom stereocenters. The summed E-state index contributed by atoms with van der Waals surface area (Å²) < 4.78 is 5.10. The molecule has 1 aromatic rings. The minimum atomic E-state index is -0.186. The van der Waals surface area contributed by atoms with Crippen molar-refractivity contribution in [1.82, 2.24) is 0 Å². The van der Waals surface area contributed by atoms with Gasteiger partial charge in [-0.1, -0.05) is 37.6 Å². The van der Waals surface area contributed by atoms with Gasteiger partial charge in [-0.15, -0.1) is 0 Å². The van der Waals surface area contributed by atoms with E-state index in [1.807, 2.05) is 38.1 Å². The van der Waals surface area contributed by atoms with Crippen molar-refractivity contribution in [2.45, 2.75) is 45.6 Å². The Bertz CT molecular complexity index is 353. The van der Waals surface area contributed by atoms with Gasteiger partial charge < -0.3 is 4.74 Å². The summed E-state index contributed by atoms with van der Waals surface area (Å²) in [7, 11) is 0. The Balaban J connectivity index is 0.000000686. The molecular formula is C14H19ClO2. The summed E-state index contributed by atoms with van der Waals surface area (Å²) in [5, 5.41) is 0.759. The van der Waals surface area contributed by atoms with E-state index in [0.717, 1.165) is 17.9 Å². The second kappa shape index (κ2) is 6.65. The van der Waals surface area contributed by atoms with E-state index >= 15 is 0 Å². The van der Waals surface area contributed by atoms with Crippen LogP contribution in [0.4, 0.5) is 0 Å². The number of halogens is 1. The van der Waals surface area contributed by atoms with E-state index in [-0.39, 0.29) is 12.1 Å². The number of ether oxygens (including phenoxy) is 1. The zero-order valence-corrected chi connectivity index (χ0v) is 11.3. The van der Waals surface area contributed by atoms with Crippen molar-refractivity contribution in [2.24, 2.45) is 0 Å². The van der Waals surface area contributed by atoms with Crippen LogP contribution in [0.3, 0.4) is 0 Å². The number of hydrogen-bond acceptors (Lipinski definition) is 2. The zero-order valence-electron chi connectivity index (χ0n) is 10.6. The Hall–Kier alpha value is -1.02. The van der Waals surface area contributed by atoms with Crippen molar-refractivity contribution in [3.8, 4) is 0 Å². The molecule has 1 aliphatic carbocycles. The molecule has 0 spiro atoms. The molecule has 1 aromatic carbocycles. The number of carbonyl (C=O) groups is 1. The first-order valence-electron chi connectivity index (χ1n) is 6.08. The molecule has 94 valence electrons. The van der Waals surface area contributed by atoms with Crippen molar-refractivity contribution in [1.29, 1.82) is 0 Å². The maximum Gasteiger partial charge on any atom is 0.302 e. The molecule has 0 N–H and O–H groups in total. The van der Waals surface area contributed by atoms with E-state index in [1.165, 1.54) is 12.5 Å². The fraction of sp³-hybridized carbons (Fsp3) is 0.500. The lowest BCUT2D eigenvalue weighted by Gasteiger charge is -2.34. The molecule has 2 nitrogen and oxygen atoms in total. The summed E-state index contributed by atoms with van der Waals surface area (Å²) in [5.41, 5.74) is 1.28. The highest BCUT2D eigenvalue weighted by molar-refractivity contribution is 6.30. The van der Waals surface area contributed by atoms with E-state index in [1.54, 1.807) is 0 Å². The number of esters is 1. The molecule has 17 heavy (non-hydrogen) atoms. The van der Waals surface area contributed by atoms with Gasteiger partial charge in [-0.25, -0.2) is 0 Å². The molecule has 0 amide bonds. The summed E-state index contributed by atoms with van der Waals surface area (Å²) in [4.78, 5) is 10.7. The van der Waals surface area contributed by atoms with Crippen LogP contribution >= 0.6 is 11.6 Å². The predicted octanol–water partition coefficient (Wildman–Crippen LogP) is 4.18. The van der Waals surface area contributed by atoms with Gasteiger partial charge in [-0.05, 0) is 36.5 Å². The van der Waals surface area contributed by atoms with Crippen molar-refractivity contribution < 1.29 is 9.53 Å². The Morgan fingerprint density at radius 1 is 1.24 bits per heavy atom. The number of rotatable bonds is 2. The fourth-order valence-corrected chi connectivity index (χ4v) is 2.03. The summed E-state index contributed by atoms with van der Waals surface area (Å²) >= 11 is 5.81. The van der Waals surface area contributed by atoms with Gasteiger partial charge >= 0.3 is 5.97 Å². The van der Waals surface area contributed by atoms with E-state index in [0.29, 0.717) is 5.92 Å². The quantitative estimate of drug-likeness (QED) is 0.741. The average Bonchev–Trinajstić information content (AvgIpc) is 2.27. The number of benzene rings is 1. The minimum absolute atomic E-state index is 0.114. The molecule has 0 unspecified atom stereocenters. The van der Waals surface area contributed by atoms with Crippen LogP contribution in [0.2, 0.25) is 5.02 Å². The zero-order chi connectivity index (χ0) is 12.8. The lowest BCUT2D eigenvalue weighted by molar-refractivity contribution is -0.151. The van der Waals surface area contributed by atoms with Crippen molar-refractivity contribution in [3.05, 3.63) is 34.9 Å². The fourth-order valence-electron chi connectivity index (χ4n) is 1.90. The molecule has 0 heterocycles. The minimum Gasteiger partial charge on any atom is -0.463 e. The third-order valence-electron chi connectivity index (χ3n) is 2.77. The molecule has 0 aliphatic heterocycles. The van der Waals surface area contributed by atoms with Gasteiger partial charge in [0.15, 0.2) is 0 Å². The van der Waals surface area contributed by atoms with E-state index in [2.05, 4.69) is 0 Å². The Kier molecular flexibility index (Phi) is 5.49. The first-order valence-corrected chi connectivity index (χ1v) is 6.45. The number of carbonyl (C=O) groups excluding carboxylic acids is 1. The molecule has 0 aromatic heterocycles. The third-order valence-corrected chi connectivity index (χ3v) is 3.02. The first-order chi connectivity index (χ1) is 8.15. The predicted molar refractivity (Wildman–Crippen MR) is 70.3 cm³/mol. The van der Waals surface area contributed by atoms with Crippen LogP contribution in [0.15, 0.2) is 24.3 Å². The Labute approximate surface area is 108 Å². The topological polar surface area (TPSA) is 26.3 Å². The molecule has 1 fully saturated rings. The van der Waals surface area contributed by atoms with Crippen molar-refractivity contribution in [3.63, 3.8) is 0 Å². The molecule has 0 saturated heterocycles. The molecule has 0 bridgehead atoms. The van der Waals surface area contributed by atoms with Crippen LogP contribution in [-0.4, -0.2) is 12.1 Å². The Morgan fingerprint density at radius 3 is 2.24 bits per heavy atom. The van der Waals surface area contributed by atoms with E-state index in [4.69, 9.17) is 16.3 Å². The van der Waals surface area contributed by atoms with Crippen LogP contribution in [-0.2, 0) is 9.53 Å². The van der Waals surface area contributed by atoms with Gasteiger partial charge in [0.25, 0.3) is 0 Å². The van der Waals surface area contributed by atoms with Crippen LogP contribution in [0, 0.1) is 0 Å². The highest BCUT2D eigenvalue weighted by Crippen LogP contribution is 2.38. The maximum absolute atomic E-state index is 10.7. The molecular weight excluding hydrogens is 236 g/mol. The van der Waals surface area contributed by atoms with Crippen LogP contribution in [0.25, 0.3) is 0 Å². The number of hydrogen-bond donors (Lipinski definition) is 0. The first kappa shape index (κ1) is 14.0. The molecule has 0 radical (unpaired) electrons. The van der Waals surface area contributed by atoms with Gasteiger partial charge in [0, 0.05) is 11.9 Å². The van der Waals surface area contributed by atoms with Gasteiger partial charge in [0.2, 0.25) is 0 Å². The maximum atomic E-state index is 10.7. The molecule has 2 rings (SSSR count). The molecule has 3 heteroatoms. The largest absolute Gasteiger partial charge is 0.463 e. The summed E-state index contributed by atoms with van der Waals surface area (Å²) in [6, 6.07) is 7.88. The average molecular weight is 255 g/mol. The van der Waals surface area contributed by atoms with Crippen molar-refractivity contribution in [2.75, 3.05) is 0 Å². The van der Waals surface area contributed by atoms with Crippen LogP contribution in [0.5, 0.6) is 0 Å². The van der Waals surface area contributed by atoms with Gasteiger partial charge in [-0.2, -0.15) is 0 Å². The third kappa shape index (κ3) is 4.04. The molecule has 1 aliphatic rings. The summed E-state index contributed by atoms with van der Waals surface area (Å²) in [6.45, 7) is 5.45. The lowest BCUT2D eigenvalue weighted by atomic mass is 9.77. The molecule has 1 saturated carbocycles. The monoisotopic (exact) mass is 254 g/mol. The van der Waals surface area contributed by atoms with Crippen LogP contribution < -0.4 is 0 Å².